The Bertz CT molecular complexity index is 530. The lowest BCUT2D eigenvalue weighted by Gasteiger charge is -2.17. The molecule has 1 amide bonds. The van der Waals surface area contributed by atoms with E-state index in [1.54, 1.807) is 0 Å². The second-order valence-electron chi connectivity index (χ2n) is 7.31. The van der Waals surface area contributed by atoms with Gasteiger partial charge in [-0.2, -0.15) is 5.10 Å². The number of rotatable bonds is 7. The molecule has 0 aromatic carbocycles. The molecule has 1 aliphatic rings. The Morgan fingerprint density at radius 2 is 1.88 bits per heavy atom. The predicted molar refractivity (Wildman–Crippen MR) is 98.1 cm³/mol. The molecular weight excluding hydrogens is 300 g/mol. The van der Waals surface area contributed by atoms with Crippen LogP contribution in [0.25, 0.3) is 0 Å². The molecule has 136 valence electrons. The van der Waals surface area contributed by atoms with Gasteiger partial charge in [0.2, 0.25) is 5.91 Å². The van der Waals surface area contributed by atoms with Gasteiger partial charge in [-0.05, 0) is 38.7 Å². The average molecular weight is 335 g/mol. The first-order valence-electron chi connectivity index (χ1n) is 9.49. The van der Waals surface area contributed by atoms with Crippen molar-refractivity contribution >= 4 is 5.91 Å². The maximum atomic E-state index is 12.3. The number of amides is 1. The molecular formula is C19H34N4O. The highest BCUT2D eigenvalue weighted by Crippen LogP contribution is 2.18. The molecule has 0 bridgehead atoms. The van der Waals surface area contributed by atoms with Crippen molar-refractivity contribution in [3.63, 3.8) is 0 Å². The first-order valence-corrected chi connectivity index (χ1v) is 9.49. The van der Waals surface area contributed by atoms with Gasteiger partial charge in [-0.3, -0.25) is 9.48 Å². The molecule has 2 N–H and O–H groups in total. The third-order valence-corrected chi connectivity index (χ3v) is 5.33. The second kappa shape index (κ2) is 9.21. The molecule has 1 fully saturated rings. The smallest absolute Gasteiger partial charge is 0.223 e. The lowest BCUT2D eigenvalue weighted by Crippen LogP contribution is -2.39. The average Bonchev–Trinajstić information content (AvgIpc) is 2.77. The summed E-state index contributed by atoms with van der Waals surface area (Å²) in [6.45, 7) is 7.67. The van der Waals surface area contributed by atoms with Crippen LogP contribution in [0, 0.1) is 19.8 Å². The van der Waals surface area contributed by atoms with E-state index in [0.717, 1.165) is 24.4 Å². The van der Waals surface area contributed by atoms with Crippen LogP contribution in [0.1, 0.15) is 62.4 Å². The number of nitrogens with one attached hydrogen (secondary N) is 2. The summed E-state index contributed by atoms with van der Waals surface area (Å²) in [5.41, 5.74) is 3.39. The number of hydrogen-bond donors (Lipinski definition) is 2. The zero-order chi connectivity index (χ0) is 17.5. The van der Waals surface area contributed by atoms with E-state index < -0.39 is 0 Å². The monoisotopic (exact) mass is 334 g/mol. The maximum Gasteiger partial charge on any atom is 0.223 e. The third-order valence-electron chi connectivity index (χ3n) is 5.33. The molecule has 1 heterocycles. The van der Waals surface area contributed by atoms with Gasteiger partial charge in [0.15, 0.2) is 0 Å². The van der Waals surface area contributed by atoms with E-state index in [1.165, 1.54) is 44.1 Å². The summed E-state index contributed by atoms with van der Waals surface area (Å²) in [4.78, 5) is 12.3. The lowest BCUT2D eigenvalue weighted by molar-refractivity contribution is -0.124. The van der Waals surface area contributed by atoms with E-state index in [9.17, 15) is 4.79 Å². The minimum absolute atomic E-state index is 0.0236. The summed E-state index contributed by atoms with van der Waals surface area (Å²) < 4.78 is 1.89. The molecule has 1 saturated carbocycles. The van der Waals surface area contributed by atoms with Gasteiger partial charge < -0.3 is 10.6 Å². The fraction of sp³-hybridized carbons (Fsp3) is 0.789. The summed E-state index contributed by atoms with van der Waals surface area (Å²) >= 11 is 0. The number of aromatic nitrogens is 2. The van der Waals surface area contributed by atoms with Crippen molar-refractivity contribution in [2.24, 2.45) is 13.0 Å². The molecule has 0 spiro atoms. The van der Waals surface area contributed by atoms with Crippen LogP contribution in [0.3, 0.4) is 0 Å². The standard InChI is InChI=1S/C19H34N4O/c1-14(13-18-15(2)22-23(4)16(18)3)19(24)21-12-11-20-17-9-7-5-6-8-10-17/h14,17,20H,5-13H2,1-4H3,(H,21,24). The molecule has 1 aromatic heterocycles. The van der Waals surface area contributed by atoms with Gasteiger partial charge in [0.1, 0.15) is 0 Å². The molecule has 24 heavy (non-hydrogen) atoms. The molecule has 0 radical (unpaired) electrons. The van der Waals surface area contributed by atoms with Crippen molar-refractivity contribution in [2.45, 2.75) is 71.8 Å². The van der Waals surface area contributed by atoms with Crippen LogP contribution in [0.4, 0.5) is 0 Å². The topological polar surface area (TPSA) is 59.0 Å². The summed E-state index contributed by atoms with van der Waals surface area (Å²) in [6, 6.07) is 0.641. The number of carbonyl (C=O) groups excluding carboxylic acids is 1. The summed E-state index contributed by atoms with van der Waals surface area (Å²) in [7, 11) is 1.95. The molecule has 1 aromatic rings. The first-order chi connectivity index (χ1) is 11.5. The van der Waals surface area contributed by atoms with Gasteiger partial charge in [-0.1, -0.05) is 32.6 Å². The zero-order valence-corrected chi connectivity index (χ0v) is 15.8. The van der Waals surface area contributed by atoms with Crippen molar-refractivity contribution in [3.05, 3.63) is 17.0 Å². The molecule has 1 unspecified atom stereocenters. The molecule has 5 nitrogen and oxygen atoms in total. The number of nitrogens with zero attached hydrogens (tertiary/aromatic N) is 2. The Labute approximate surface area is 146 Å². The second-order valence-corrected chi connectivity index (χ2v) is 7.31. The Morgan fingerprint density at radius 1 is 1.21 bits per heavy atom. The van der Waals surface area contributed by atoms with Crippen LogP contribution in [0.5, 0.6) is 0 Å². The van der Waals surface area contributed by atoms with Crippen LogP contribution in [0.2, 0.25) is 0 Å². The van der Waals surface area contributed by atoms with Gasteiger partial charge in [-0.15, -0.1) is 0 Å². The maximum absolute atomic E-state index is 12.3. The Kier molecular flexibility index (Phi) is 7.28. The van der Waals surface area contributed by atoms with Gasteiger partial charge in [0.25, 0.3) is 0 Å². The van der Waals surface area contributed by atoms with Crippen molar-refractivity contribution in [1.29, 1.82) is 0 Å². The highest BCUT2D eigenvalue weighted by molar-refractivity contribution is 5.78. The van der Waals surface area contributed by atoms with Crippen LogP contribution in [-0.2, 0) is 18.3 Å². The SMILES string of the molecule is Cc1nn(C)c(C)c1CC(C)C(=O)NCCNC1CCCCCC1. The van der Waals surface area contributed by atoms with E-state index in [2.05, 4.69) is 22.7 Å². The van der Waals surface area contributed by atoms with E-state index in [4.69, 9.17) is 0 Å². The molecule has 0 aliphatic heterocycles. The zero-order valence-electron chi connectivity index (χ0n) is 15.8. The Hall–Kier alpha value is -1.36. The number of aryl methyl sites for hydroxylation is 2. The van der Waals surface area contributed by atoms with E-state index in [1.807, 2.05) is 25.6 Å². The van der Waals surface area contributed by atoms with Gasteiger partial charge >= 0.3 is 0 Å². The van der Waals surface area contributed by atoms with Gasteiger partial charge in [0.05, 0.1) is 5.69 Å². The highest BCUT2D eigenvalue weighted by atomic mass is 16.1. The fourth-order valence-corrected chi connectivity index (χ4v) is 3.63. The molecule has 1 aliphatic carbocycles. The Balaban J connectivity index is 1.69. The van der Waals surface area contributed by atoms with Crippen molar-refractivity contribution in [1.82, 2.24) is 20.4 Å². The summed E-state index contributed by atoms with van der Waals surface area (Å²) in [6.07, 6.45) is 8.75. The van der Waals surface area contributed by atoms with E-state index in [-0.39, 0.29) is 11.8 Å². The van der Waals surface area contributed by atoms with Crippen LogP contribution < -0.4 is 10.6 Å². The summed E-state index contributed by atoms with van der Waals surface area (Å²) in [5, 5.41) is 11.1. The van der Waals surface area contributed by atoms with Crippen molar-refractivity contribution < 1.29 is 4.79 Å². The molecule has 2 rings (SSSR count). The van der Waals surface area contributed by atoms with Crippen LogP contribution in [0.15, 0.2) is 0 Å². The van der Waals surface area contributed by atoms with Crippen molar-refractivity contribution in [2.75, 3.05) is 13.1 Å². The van der Waals surface area contributed by atoms with Gasteiger partial charge in [-0.25, -0.2) is 0 Å². The minimum Gasteiger partial charge on any atom is -0.355 e. The van der Waals surface area contributed by atoms with Crippen molar-refractivity contribution in [3.8, 4) is 0 Å². The fourth-order valence-electron chi connectivity index (χ4n) is 3.63. The molecule has 1 atom stereocenters. The van der Waals surface area contributed by atoms with Crippen LogP contribution >= 0.6 is 0 Å². The first kappa shape index (κ1) is 19.0. The largest absolute Gasteiger partial charge is 0.355 e. The highest BCUT2D eigenvalue weighted by Gasteiger charge is 2.18. The predicted octanol–water partition coefficient (Wildman–Crippen LogP) is 2.64. The van der Waals surface area contributed by atoms with Crippen LogP contribution in [-0.4, -0.2) is 34.8 Å². The lowest BCUT2D eigenvalue weighted by atomic mass is 9.99. The molecule has 5 heteroatoms. The van der Waals surface area contributed by atoms with Gasteiger partial charge in [0, 0.05) is 37.8 Å². The van der Waals surface area contributed by atoms with E-state index in [0.29, 0.717) is 12.6 Å². The normalized spacial score (nSPS) is 17.5. The number of hydrogen-bond acceptors (Lipinski definition) is 3. The minimum atomic E-state index is -0.0236. The number of carbonyl (C=O) groups is 1. The quantitative estimate of drug-likeness (QED) is 0.595. The third kappa shape index (κ3) is 5.33. The molecule has 0 saturated heterocycles. The Morgan fingerprint density at radius 3 is 2.46 bits per heavy atom. The summed E-state index contributed by atoms with van der Waals surface area (Å²) in [5.74, 6) is 0.116. The van der Waals surface area contributed by atoms with E-state index >= 15 is 0 Å².